The predicted molar refractivity (Wildman–Crippen MR) is 88.9 cm³/mol. The SMILES string of the molecule is Cc1cc(C)n(C2CCCN(C(=O)c3cn4cccnc4n3)C2)n1. The number of rotatable bonds is 2. The number of imidazole rings is 1. The van der Waals surface area contributed by atoms with E-state index in [-0.39, 0.29) is 11.9 Å². The number of nitrogens with zero attached hydrogens (tertiary/aromatic N) is 6. The highest BCUT2D eigenvalue weighted by molar-refractivity contribution is 5.92. The van der Waals surface area contributed by atoms with Gasteiger partial charge < -0.3 is 4.90 Å². The van der Waals surface area contributed by atoms with Crippen LogP contribution in [0, 0.1) is 13.8 Å². The Balaban J connectivity index is 1.57. The Labute approximate surface area is 139 Å². The molecule has 1 aliphatic rings. The summed E-state index contributed by atoms with van der Waals surface area (Å²) in [5.41, 5.74) is 2.61. The van der Waals surface area contributed by atoms with Gasteiger partial charge in [-0.3, -0.25) is 13.9 Å². The normalized spacial score (nSPS) is 18.2. The monoisotopic (exact) mass is 324 g/mol. The summed E-state index contributed by atoms with van der Waals surface area (Å²) in [5, 5.41) is 4.58. The second-order valence-corrected chi connectivity index (χ2v) is 6.37. The first-order valence-electron chi connectivity index (χ1n) is 8.23. The molecular weight excluding hydrogens is 304 g/mol. The number of aromatic nitrogens is 5. The maximum Gasteiger partial charge on any atom is 0.274 e. The first-order valence-corrected chi connectivity index (χ1v) is 8.23. The molecule has 7 nitrogen and oxygen atoms in total. The van der Waals surface area contributed by atoms with Crippen LogP contribution in [0.5, 0.6) is 0 Å². The molecule has 1 atom stereocenters. The molecule has 0 aromatic carbocycles. The van der Waals surface area contributed by atoms with E-state index in [4.69, 9.17) is 0 Å². The topological polar surface area (TPSA) is 68.3 Å². The first kappa shape index (κ1) is 14.9. The molecule has 0 spiro atoms. The summed E-state index contributed by atoms with van der Waals surface area (Å²) in [6.45, 7) is 5.49. The lowest BCUT2D eigenvalue weighted by molar-refractivity contribution is 0.0666. The van der Waals surface area contributed by atoms with Gasteiger partial charge in [0.1, 0.15) is 5.69 Å². The summed E-state index contributed by atoms with van der Waals surface area (Å²) >= 11 is 0. The van der Waals surface area contributed by atoms with Crippen LogP contribution in [0.25, 0.3) is 5.78 Å². The van der Waals surface area contributed by atoms with Gasteiger partial charge in [0.25, 0.3) is 5.91 Å². The van der Waals surface area contributed by atoms with Crippen LogP contribution in [0.1, 0.15) is 40.8 Å². The van der Waals surface area contributed by atoms with Crippen molar-refractivity contribution in [3.63, 3.8) is 0 Å². The van der Waals surface area contributed by atoms with Crippen molar-refractivity contribution in [2.75, 3.05) is 13.1 Å². The zero-order chi connectivity index (χ0) is 16.7. The molecule has 1 amide bonds. The minimum atomic E-state index is -0.0354. The van der Waals surface area contributed by atoms with E-state index in [1.165, 1.54) is 0 Å². The summed E-state index contributed by atoms with van der Waals surface area (Å²) in [7, 11) is 0. The lowest BCUT2D eigenvalue weighted by atomic mass is 10.1. The molecule has 1 aliphatic heterocycles. The van der Waals surface area contributed by atoms with Gasteiger partial charge in [0, 0.05) is 37.4 Å². The van der Waals surface area contributed by atoms with Gasteiger partial charge in [-0.25, -0.2) is 9.97 Å². The number of carbonyl (C=O) groups excluding carboxylic acids is 1. The molecule has 1 unspecified atom stereocenters. The first-order chi connectivity index (χ1) is 11.6. The lowest BCUT2D eigenvalue weighted by Gasteiger charge is -2.33. The third-order valence-electron chi connectivity index (χ3n) is 4.53. The molecule has 1 saturated heterocycles. The summed E-state index contributed by atoms with van der Waals surface area (Å²) in [5.74, 6) is 0.514. The Morgan fingerprint density at radius 1 is 1.33 bits per heavy atom. The van der Waals surface area contributed by atoms with Gasteiger partial charge in [-0.05, 0) is 38.8 Å². The summed E-state index contributed by atoms with van der Waals surface area (Å²) in [4.78, 5) is 23.2. The van der Waals surface area contributed by atoms with E-state index in [0.29, 0.717) is 18.0 Å². The number of hydrogen-bond donors (Lipinski definition) is 0. The molecule has 3 aromatic heterocycles. The molecule has 4 rings (SSSR count). The molecule has 3 aromatic rings. The zero-order valence-electron chi connectivity index (χ0n) is 13.9. The fourth-order valence-electron chi connectivity index (χ4n) is 3.45. The Bertz CT molecular complexity index is 863. The molecule has 0 N–H and O–H groups in total. The summed E-state index contributed by atoms with van der Waals surface area (Å²) in [6, 6.07) is 4.13. The fraction of sp³-hybridized carbons (Fsp3) is 0.412. The quantitative estimate of drug-likeness (QED) is 0.723. The van der Waals surface area contributed by atoms with Crippen molar-refractivity contribution in [1.82, 2.24) is 29.0 Å². The van der Waals surface area contributed by atoms with Crippen molar-refractivity contribution < 1.29 is 4.79 Å². The largest absolute Gasteiger partial charge is 0.335 e. The van der Waals surface area contributed by atoms with Crippen LogP contribution in [0.3, 0.4) is 0 Å². The van der Waals surface area contributed by atoms with E-state index in [1.54, 1.807) is 16.8 Å². The van der Waals surface area contributed by atoms with E-state index in [0.717, 1.165) is 30.8 Å². The Hall–Kier alpha value is -2.70. The third-order valence-corrected chi connectivity index (χ3v) is 4.53. The summed E-state index contributed by atoms with van der Waals surface area (Å²) < 4.78 is 3.83. The van der Waals surface area contributed by atoms with Crippen LogP contribution < -0.4 is 0 Å². The van der Waals surface area contributed by atoms with Crippen molar-refractivity contribution >= 4 is 11.7 Å². The van der Waals surface area contributed by atoms with Crippen molar-refractivity contribution in [2.45, 2.75) is 32.7 Å². The third kappa shape index (κ3) is 2.55. The van der Waals surface area contributed by atoms with Gasteiger partial charge in [-0.2, -0.15) is 5.10 Å². The van der Waals surface area contributed by atoms with E-state index in [2.05, 4.69) is 32.7 Å². The fourth-order valence-corrected chi connectivity index (χ4v) is 3.45. The molecule has 0 radical (unpaired) electrons. The molecule has 0 aliphatic carbocycles. The van der Waals surface area contributed by atoms with Gasteiger partial charge in [-0.15, -0.1) is 0 Å². The summed E-state index contributed by atoms with van der Waals surface area (Å²) in [6.07, 6.45) is 7.29. The van der Waals surface area contributed by atoms with Crippen molar-refractivity contribution in [2.24, 2.45) is 0 Å². The zero-order valence-corrected chi connectivity index (χ0v) is 13.9. The highest BCUT2D eigenvalue weighted by Gasteiger charge is 2.28. The van der Waals surface area contributed by atoms with Gasteiger partial charge in [-0.1, -0.05) is 0 Å². The van der Waals surface area contributed by atoms with Gasteiger partial charge in [0.15, 0.2) is 0 Å². The number of fused-ring (bicyclic) bond motifs is 1. The van der Waals surface area contributed by atoms with Crippen LogP contribution in [0.15, 0.2) is 30.7 Å². The lowest BCUT2D eigenvalue weighted by Crippen LogP contribution is -2.41. The number of piperidine rings is 1. The highest BCUT2D eigenvalue weighted by atomic mass is 16.2. The van der Waals surface area contributed by atoms with Crippen molar-refractivity contribution in [3.8, 4) is 0 Å². The smallest absolute Gasteiger partial charge is 0.274 e. The number of aryl methyl sites for hydroxylation is 2. The second-order valence-electron chi connectivity index (χ2n) is 6.37. The van der Waals surface area contributed by atoms with Gasteiger partial charge >= 0.3 is 0 Å². The van der Waals surface area contributed by atoms with E-state index in [1.807, 2.05) is 24.1 Å². The molecule has 0 bridgehead atoms. The van der Waals surface area contributed by atoms with Crippen molar-refractivity contribution in [1.29, 1.82) is 0 Å². The molecule has 124 valence electrons. The average molecular weight is 324 g/mol. The van der Waals surface area contributed by atoms with E-state index in [9.17, 15) is 4.79 Å². The standard InChI is InChI=1S/C17H20N6O/c1-12-9-13(2)23(20-12)14-5-3-7-21(10-14)16(24)15-11-22-8-4-6-18-17(22)19-15/h4,6,8-9,11,14H,3,5,7,10H2,1-2H3. The van der Waals surface area contributed by atoms with Crippen LogP contribution in [-0.4, -0.2) is 48.0 Å². The van der Waals surface area contributed by atoms with Gasteiger partial charge in [0.05, 0.1) is 11.7 Å². The highest BCUT2D eigenvalue weighted by Crippen LogP contribution is 2.24. The minimum absolute atomic E-state index is 0.0354. The number of amides is 1. The number of hydrogen-bond acceptors (Lipinski definition) is 4. The van der Waals surface area contributed by atoms with Crippen LogP contribution in [-0.2, 0) is 0 Å². The Morgan fingerprint density at radius 2 is 2.21 bits per heavy atom. The predicted octanol–water partition coefficient (Wildman–Crippen LogP) is 2.02. The van der Waals surface area contributed by atoms with Crippen LogP contribution >= 0.6 is 0 Å². The van der Waals surface area contributed by atoms with E-state index < -0.39 is 0 Å². The molecule has 7 heteroatoms. The maximum absolute atomic E-state index is 12.8. The maximum atomic E-state index is 12.8. The second kappa shape index (κ2) is 5.74. The molecule has 4 heterocycles. The average Bonchev–Trinajstić information content (AvgIpc) is 3.17. The minimum Gasteiger partial charge on any atom is -0.335 e. The van der Waals surface area contributed by atoms with E-state index >= 15 is 0 Å². The van der Waals surface area contributed by atoms with Crippen LogP contribution in [0.2, 0.25) is 0 Å². The van der Waals surface area contributed by atoms with Gasteiger partial charge in [0.2, 0.25) is 5.78 Å². The van der Waals surface area contributed by atoms with Crippen molar-refractivity contribution in [3.05, 3.63) is 47.8 Å². The number of likely N-dealkylation sites (tertiary alicyclic amines) is 1. The van der Waals surface area contributed by atoms with Crippen LogP contribution in [0.4, 0.5) is 0 Å². The Kier molecular flexibility index (Phi) is 3.55. The number of carbonyl (C=O) groups is 1. The molecule has 24 heavy (non-hydrogen) atoms. The Morgan fingerprint density at radius 3 is 2.96 bits per heavy atom. The molecular formula is C17H20N6O. The molecule has 0 saturated carbocycles. The molecule has 1 fully saturated rings.